The minimum absolute atomic E-state index is 0.0139. The summed E-state index contributed by atoms with van der Waals surface area (Å²) in [7, 11) is 0. The van der Waals surface area contributed by atoms with Crippen molar-refractivity contribution in [3.63, 3.8) is 0 Å². The van der Waals surface area contributed by atoms with Crippen LogP contribution in [0.15, 0.2) is 103 Å². The number of fused-ring (bicyclic) bond motifs is 1. The van der Waals surface area contributed by atoms with Gasteiger partial charge in [-0.3, -0.25) is 9.69 Å². The van der Waals surface area contributed by atoms with Crippen molar-refractivity contribution in [2.24, 2.45) is 0 Å². The molecule has 7 rings (SSSR count). The topological polar surface area (TPSA) is 82.6 Å². The smallest absolute Gasteiger partial charge is 0.246 e. The second kappa shape index (κ2) is 16.9. The quantitative estimate of drug-likeness (QED) is 0.112. The van der Waals surface area contributed by atoms with E-state index in [4.69, 9.17) is 35.3 Å². The first-order valence-electron chi connectivity index (χ1n) is 17.8. The highest BCUT2D eigenvalue weighted by molar-refractivity contribution is 6.32. The van der Waals surface area contributed by atoms with E-state index in [1.165, 1.54) is 16.7 Å². The molecule has 5 aromatic rings. The maximum Gasteiger partial charge on any atom is 0.246 e. The van der Waals surface area contributed by atoms with Gasteiger partial charge in [0.05, 0.1) is 17.8 Å². The molecular formula is C43H42ClN3O6. The van der Waals surface area contributed by atoms with E-state index in [0.29, 0.717) is 48.7 Å². The number of carbonyl (C=O) groups is 1. The monoisotopic (exact) mass is 731 g/mol. The molecule has 4 aromatic carbocycles. The predicted octanol–water partition coefficient (Wildman–Crippen LogP) is 8.43. The van der Waals surface area contributed by atoms with Gasteiger partial charge in [0.2, 0.25) is 18.6 Å². The molecular weight excluding hydrogens is 690 g/mol. The summed E-state index contributed by atoms with van der Waals surface area (Å²) in [5.74, 6) is 3.81. The molecule has 3 heterocycles. The number of aromatic nitrogens is 1. The van der Waals surface area contributed by atoms with E-state index < -0.39 is 0 Å². The van der Waals surface area contributed by atoms with Crippen LogP contribution in [0.5, 0.6) is 34.6 Å². The lowest BCUT2D eigenvalue weighted by Gasteiger charge is -2.34. The number of rotatable bonds is 13. The number of benzene rings is 4. The highest BCUT2D eigenvalue weighted by Gasteiger charge is 2.20. The molecule has 0 aliphatic carbocycles. The summed E-state index contributed by atoms with van der Waals surface area (Å²) < 4.78 is 28.6. The van der Waals surface area contributed by atoms with Gasteiger partial charge in [0, 0.05) is 57.4 Å². The van der Waals surface area contributed by atoms with Crippen LogP contribution in [0.3, 0.4) is 0 Å². The molecule has 0 bridgehead atoms. The molecule has 1 fully saturated rings. The molecule has 0 atom stereocenters. The Balaban J connectivity index is 0.835. The van der Waals surface area contributed by atoms with Crippen LogP contribution in [0.4, 0.5) is 0 Å². The number of amides is 1. The number of ether oxygens (including phenoxy) is 5. The van der Waals surface area contributed by atoms with E-state index in [9.17, 15) is 4.79 Å². The van der Waals surface area contributed by atoms with Crippen LogP contribution in [0.2, 0.25) is 5.02 Å². The zero-order chi connectivity index (χ0) is 36.6. The first kappa shape index (κ1) is 35.9. The van der Waals surface area contributed by atoms with Gasteiger partial charge in [-0.05, 0) is 78.1 Å². The largest absolute Gasteiger partial charge is 0.493 e. The third kappa shape index (κ3) is 9.68. The standard InChI is InChI=1S/C43H42ClN3O6/c1-30-3-5-34(6-4-30)28-50-37-13-15-41(45-26-37)53-43-31(2)23-35(24-38(43)44)11-16-42(48)47-20-18-46(19-21-47)27-33-9-7-32(8-10-33)17-22-49-36-12-14-39-40(25-36)52-29-51-39/h3-16,23-26H,17-22,27-29H2,1-2H3/b16-11+. The number of piperazine rings is 1. The molecule has 2 aliphatic rings. The third-order valence-corrected chi connectivity index (χ3v) is 9.51. The Morgan fingerprint density at radius 1 is 0.811 bits per heavy atom. The summed E-state index contributed by atoms with van der Waals surface area (Å²) in [5.41, 5.74) is 6.43. The summed E-state index contributed by atoms with van der Waals surface area (Å²) in [6.45, 7) is 9.09. The molecule has 10 heteroatoms. The zero-order valence-corrected chi connectivity index (χ0v) is 30.7. The molecule has 272 valence electrons. The van der Waals surface area contributed by atoms with Crippen molar-refractivity contribution in [1.82, 2.24) is 14.8 Å². The molecule has 0 saturated carbocycles. The van der Waals surface area contributed by atoms with Crippen molar-refractivity contribution < 1.29 is 28.5 Å². The molecule has 0 unspecified atom stereocenters. The van der Waals surface area contributed by atoms with Crippen molar-refractivity contribution in [2.75, 3.05) is 39.6 Å². The first-order chi connectivity index (χ1) is 25.8. The number of hydrogen-bond acceptors (Lipinski definition) is 8. The Bertz CT molecular complexity index is 2020. The molecule has 0 spiro atoms. The fourth-order valence-electron chi connectivity index (χ4n) is 6.17. The SMILES string of the molecule is Cc1ccc(COc2ccc(Oc3c(C)cc(/C=C/C(=O)N4CCN(Cc5ccc(CCOc6ccc7c(c6)OCO7)cc5)CC4)cc3Cl)nc2)cc1. The minimum Gasteiger partial charge on any atom is -0.493 e. The summed E-state index contributed by atoms with van der Waals surface area (Å²) in [6.07, 6.45) is 5.87. The maximum absolute atomic E-state index is 13.1. The normalized spacial score (nSPS) is 14.1. The summed E-state index contributed by atoms with van der Waals surface area (Å²) >= 11 is 6.64. The maximum atomic E-state index is 13.1. The van der Waals surface area contributed by atoms with Crippen LogP contribution in [0.1, 0.15) is 33.4 Å². The van der Waals surface area contributed by atoms with Crippen LogP contribution in [0.25, 0.3) is 6.08 Å². The van der Waals surface area contributed by atoms with Gasteiger partial charge in [0.15, 0.2) is 17.2 Å². The zero-order valence-electron chi connectivity index (χ0n) is 29.9. The van der Waals surface area contributed by atoms with Crippen LogP contribution < -0.4 is 23.7 Å². The second-order valence-corrected chi connectivity index (χ2v) is 13.6. The summed E-state index contributed by atoms with van der Waals surface area (Å²) in [4.78, 5) is 21.7. The number of hydrogen-bond donors (Lipinski definition) is 0. The number of aryl methyl sites for hydroxylation is 2. The Morgan fingerprint density at radius 3 is 2.30 bits per heavy atom. The van der Waals surface area contributed by atoms with Crippen LogP contribution in [0, 0.1) is 13.8 Å². The molecule has 2 aliphatic heterocycles. The van der Waals surface area contributed by atoms with Crippen LogP contribution >= 0.6 is 11.6 Å². The van der Waals surface area contributed by atoms with E-state index in [0.717, 1.165) is 60.0 Å². The van der Waals surface area contributed by atoms with E-state index in [1.807, 2.05) is 54.3 Å². The Morgan fingerprint density at radius 2 is 1.55 bits per heavy atom. The number of carbonyl (C=O) groups excluding carboxylic acids is 1. The molecule has 1 amide bonds. The van der Waals surface area contributed by atoms with Crippen LogP contribution in [-0.4, -0.2) is 60.3 Å². The lowest BCUT2D eigenvalue weighted by Crippen LogP contribution is -2.47. The predicted molar refractivity (Wildman–Crippen MR) is 205 cm³/mol. The van der Waals surface area contributed by atoms with E-state index in [2.05, 4.69) is 53.2 Å². The molecule has 0 N–H and O–H groups in total. The molecule has 9 nitrogen and oxygen atoms in total. The van der Waals surface area contributed by atoms with Crippen molar-refractivity contribution >= 4 is 23.6 Å². The Labute approximate surface area is 315 Å². The average molecular weight is 732 g/mol. The molecule has 0 radical (unpaired) electrons. The molecule has 53 heavy (non-hydrogen) atoms. The van der Waals surface area contributed by atoms with Crippen molar-refractivity contribution in [1.29, 1.82) is 0 Å². The lowest BCUT2D eigenvalue weighted by atomic mass is 10.1. The number of nitrogens with zero attached hydrogens (tertiary/aromatic N) is 3. The van der Waals surface area contributed by atoms with E-state index in [-0.39, 0.29) is 12.7 Å². The van der Waals surface area contributed by atoms with Crippen molar-refractivity contribution in [3.8, 4) is 34.6 Å². The lowest BCUT2D eigenvalue weighted by molar-refractivity contribution is -0.127. The Kier molecular flexibility index (Phi) is 11.4. The summed E-state index contributed by atoms with van der Waals surface area (Å²) in [5, 5.41) is 0.440. The van der Waals surface area contributed by atoms with Gasteiger partial charge in [-0.15, -0.1) is 0 Å². The second-order valence-electron chi connectivity index (χ2n) is 13.2. The molecule has 1 saturated heterocycles. The van der Waals surface area contributed by atoms with Gasteiger partial charge >= 0.3 is 0 Å². The van der Waals surface area contributed by atoms with E-state index >= 15 is 0 Å². The Hall–Kier alpha value is -5.51. The minimum atomic E-state index is -0.0139. The van der Waals surface area contributed by atoms with Crippen molar-refractivity contribution in [2.45, 2.75) is 33.4 Å². The average Bonchev–Trinajstić information content (AvgIpc) is 3.65. The van der Waals surface area contributed by atoms with Gasteiger partial charge in [-0.25, -0.2) is 4.98 Å². The number of halogens is 1. The highest BCUT2D eigenvalue weighted by Crippen LogP contribution is 2.36. The first-order valence-corrected chi connectivity index (χ1v) is 18.1. The van der Waals surface area contributed by atoms with Gasteiger partial charge in [-0.1, -0.05) is 65.7 Å². The van der Waals surface area contributed by atoms with Crippen molar-refractivity contribution in [3.05, 3.63) is 142 Å². The fraction of sp³-hybridized carbons (Fsp3) is 0.256. The van der Waals surface area contributed by atoms with E-state index in [1.54, 1.807) is 30.5 Å². The summed E-state index contributed by atoms with van der Waals surface area (Å²) in [6, 6.07) is 29.8. The van der Waals surface area contributed by atoms with Gasteiger partial charge in [0.25, 0.3) is 0 Å². The van der Waals surface area contributed by atoms with Gasteiger partial charge < -0.3 is 28.6 Å². The fourth-order valence-corrected chi connectivity index (χ4v) is 6.49. The third-order valence-electron chi connectivity index (χ3n) is 9.23. The van der Waals surface area contributed by atoms with Crippen LogP contribution in [-0.2, 0) is 24.4 Å². The molecule has 1 aromatic heterocycles. The number of pyridine rings is 1. The van der Waals surface area contributed by atoms with Gasteiger partial charge in [0.1, 0.15) is 18.1 Å². The van der Waals surface area contributed by atoms with Gasteiger partial charge in [-0.2, -0.15) is 0 Å². The highest BCUT2D eigenvalue weighted by atomic mass is 35.5.